The second kappa shape index (κ2) is 10.6. The zero-order valence-electron chi connectivity index (χ0n) is 12.4. The number of aryl methyl sites for hydroxylation is 2. The average Bonchev–Trinajstić information content (AvgIpc) is 2.34. The summed E-state index contributed by atoms with van der Waals surface area (Å²) < 4.78 is 0. The second-order valence-corrected chi connectivity index (χ2v) is 4.33. The van der Waals surface area contributed by atoms with Gasteiger partial charge in [0.2, 0.25) is 0 Å². The minimum absolute atomic E-state index is 0.176. The highest BCUT2D eigenvalue weighted by Crippen LogP contribution is 1.99. The summed E-state index contributed by atoms with van der Waals surface area (Å²) in [7, 11) is 0. The fraction of sp³-hybridized carbons (Fsp3) is 0.250. The topological polar surface area (TPSA) is 74.6 Å². The monoisotopic (exact) mass is 278 g/mol. The first kappa shape index (κ1) is 20.0. The predicted molar refractivity (Wildman–Crippen MR) is 80.8 cm³/mol. The molecule has 0 aliphatic heterocycles. The van der Waals surface area contributed by atoms with Crippen LogP contribution in [0.5, 0.6) is 0 Å². The maximum atomic E-state index is 9.60. The van der Waals surface area contributed by atoms with Crippen molar-refractivity contribution in [2.75, 3.05) is 0 Å². The Morgan fingerprint density at radius 1 is 0.800 bits per heavy atom. The Morgan fingerprint density at radius 3 is 1.05 bits per heavy atom. The highest BCUT2D eigenvalue weighted by atomic mass is 16.4. The fourth-order valence-corrected chi connectivity index (χ4v) is 0.637. The Hall–Kier alpha value is -2.36. The van der Waals surface area contributed by atoms with Crippen LogP contribution >= 0.6 is 0 Å². The summed E-state index contributed by atoms with van der Waals surface area (Å²) in [6, 6.07) is 8.48. The molecule has 0 spiro atoms. The van der Waals surface area contributed by atoms with Crippen LogP contribution in [0.2, 0.25) is 0 Å². The van der Waals surface area contributed by atoms with Gasteiger partial charge in [-0.15, -0.1) is 0 Å². The summed E-state index contributed by atoms with van der Waals surface area (Å²) in [5.74, 6) is -1.87. The van der Waals surface area contributed by atoms with Gasteiger partial charge in [0.1, 0.15) is 0 Å². The van der Waals surface area contributed by atoms with Crippen LogP contribution in [0.15, 0.2) is 48.6 Å². The summed E-state index contributed by atoms with van der Waals surface area (Å²) >= 11 is 0. The molecular formula is C16H22O4. The summed E-state index contributed by atoms with van der Waals surface area (Å²) in [6.45, 7) is 13.4. The van der Waals surface area contributed by atoms with E-state index in [0.717, 1.165) is 0 Å². The zero-order chi connectivity index (χ0) is 16.3. The van der Waals surface area contributed by atoms with Crippen molar-refractivity contribution in [1.82, 2.24) is 0 Å². The van der Waals surface area contributed by atoms with Gasteiger partial charge in [-0.3, -0.25) is 0 Å². The van der Waals surface area contributed by atoms with Gasteiger partial charge in [0.15, 0.2) is 0 Å². The molecule has 0 saturated heterocycles. The van der Waals surface area contributed by atoms with E-state index >= 15 is 0 Å². The maximum absolute atomic E-state index is 9.60. The Kier molecular flexibility index (Phi) is 10.5. The summed E-state index contributed by atoms with van der Waals surface area (Å²) in [5.41, 5.74) is 3.01. The van der Waals surface area contributed by atoms with Crippen molar-refractivity contribution in [3.05, 3.63) is 59.7 Å². The number of carbonyl (C=O) groups is 2. The summed E-state index contributed by atoms with van der Waals surface area (Å²) in [6.07, 6.45) is 0. The van der Waals surface area contributed by atoms with Crippen molar-refractivity contribution in [3.8, 4) is 0 Å². The van der Waals surface area contributed by atoms with Gasteiger partial charge in [-0.25, -0.2) is 9.59 Å². The Morgan fingerprint density at radius 2 is 0.950 bits per heavy atom. The minimum Gasteiger partial charge on any atom is -0.478 e. The Bertz CT molecular complexity index is 401. The van der Waals surface area contributed by atoms with Crippen LogP contribution in [0.1, 0.15) is 25.0 Å². The van der Waals surface area contributed by atoms with E-state index < -0.39 is 11.9 Å². The third-order valence-electron chi connectivity index (χ3n) is 1.95. The van der Waals surface area contributed by atoms with E-state index in [-0.39, 0.29) is 11.1 Å². The van der Waals surface area contributed by atoms with Crippen molar-refractivity contribution >= 4 is 11.9 Å². The number of hydrogen-bond donors (Lipinski definition) is 2. The van der Waals surface area contributed by atoms with Gasteiger partial charge in [0.25, 0.3) is 0 Å². The highest BCUT2D eigenvalue weighted by Gasteiger charge is 1.90. The van der Waals surface area contributed by atoms with Crippen LogP contribution in [0.4, 0.5) is 0 Å². The highest BCUT2D eigenvalue weighted by molar-refractivity contribution is 5.85. The van der Waals surface area contributed by atoms with Crippen LogP contribution in [0.3, 0.4) is 0 Å². The third kappa shape index (κ3) is 13.7. The van der Waals surface area contributed by atoms with Crippen LogP contribution in [-0.2, 0) is 9.59 Å². The van der Waals surface area contributed by atoms with Gasteiger partial charge in [-0.05, 0) is 27.7 Å². The Labute approximate surface area is 120 Å². The molecule has 110 valence electrons. The van der Waals surface area contributed by atoms with E-state index in [1.54, 1.807) is 0 Å². The molecule has 0 heterocycles. The molecule has 0 aliphatic rings. The van der Waals surface area contributed by atoms with E-state index in [1.807, 2.05) is 0 Å². The zero-order valence-corrected chi connectivity index (χ0v) is 12.4. The predicted octanol–water partition coefficient (Wildman–Crippen LogP) is 3.60. The number of rotatable bonds is 2. The molecule has 0 radical (unpaired) electrons. The molecule has 0 unspecified atom stereocenters. The molecule has 0 fully saturated rings. The van der Waals surface area contributed by atoms with Gasteiger partial charge in [-0.1, -0.05) is 48.6 Å². The van der Waals surface area contributed by atoms with E-state index in [2.05, 4.69) is 51.3 Å². The molecule has 20 heavy (non-hydrogen) atoms. The molecule has 1 rings (SSSR count). The van der Waals surface area contributed by atoms with Crippen molar-refractivity contribution in [2.45, 2.75) is 27.7 Å². The van der Waals surface area contributed by atoms with Crippen molar-refractivity contribution in [1.29, 1.82) is 0 Å². The van der Waals surface area contributed by atoms with Crippen LogP contribution in [0, 0.1) is 13.8 Å². The van der Waals surface area contributed by atoms with E-state index in [9.17, 15) is 9.59 Å². The first-order chi connectivity index (χ1) is 9.07. The molecule has 1 aromatic carbocycles. The molecule has 0 bridgehead atoms. The molecule has 0 atom stereocenters. The largest absolute Gasteiger partial charge is 0.478 e. The number of carboxylic acid groups (broad SMARTS) is 2. The molecule has 4 heteroatoms. The lowest BCUT2D eigenvalue weighted by atomic mass is 10.2. The maximum Gasteiger partial charge on any atom is 0.330 e. The van der Waals surface area contributed by atoms with Crippen LogP contribution in [0.25, 0.3) is 0 Å². The van der Waals surface area contributed by atoms with Crippen LogP contribution in [-0.4, -0.2) is 22.2 Å². The second-order valence-electron chi connectivity index (χ2n) is 4.33. The molecule has 0 aliphatic carbocycles. The van der Waals surface area contributed by atoms with Gasteiger partial charge in [0, 0.05) is 11.1 Å². The molecule has 1 aromatic rings. The van der Waals surface area contributed by atoms with Gasteiger partial charge in [0.05, 0.1) is 0 Å². The summed E-state index contributed by atoms with van der Waals surface area (Å²) in [4.78, 5) is 19.2. The molecule has 2 N–H and O–H groups in total. The standard InChI is InChI=1S/C8H10.2C4H6O2/c1-7-3-5-8(2)6-4-7;2*1-3(2)4(5)6/h3-6H,1-2H3;2*1H2,2H3,(H,5,6). The van der Waals surface area contributed by atoms with E-state index in [4.69, 9.17) is 10.2 Å². The summed E-state index contributed by atoms with van der Waals surface area (Å²) in [5, 5.41) is 15.8. The van der Waals surface area contributed by atoms with Gasteiger partial charge >= 0.3 is 11.9 Å². The normalized spacial score (nSPS) is 8.20. The number of carboxylic acids is 2. The molecule has 4 nitrogen and oxygen atoms in total. The molecule has 0 saturated carbocycles. The number of aliphatic carboxylic acids is 2. The van der Waals surface area contributed by atoms with Gasteiger partial charge in [-0.2, -0.15) is 0 Å². The third-order valence-corrected chi connectivity index (χ3v) is 1.95. The fourth-order valence-electron chi connectivity index (χ4n) is 0.637. The minimum atomic E-state index is -0.935. The smallest absolute Gasteiger partial charge is 0.330 e. The Balaban J connectivity index is 0. The lowest BCUT2D eigenvalue weighted by Crippen LogP contribution is -1.92. The average molecular weight is 278 g/mol. The lowest BCUT2D eigenvalue weighted by molar-refractivity contribution is -0.133. The number of hydrogen-bond acceptors (Lipinski definition) is 2. The van der Waals surface area contributed by atoms with Crippen molar-refractivity contribution in [3.63, 3.8) is 0 Å². The van der Waals surface area contributed by atoms with Crippen molar-refractivity contribution < 1.29 is 19.8 Å². The van der Waals surface area contributed by atoms with E-state index in [1.165, 1.54) is 25.0 Å². The lowest BCUT2D eigenvalue weighted by Gasteiger charge is -1.90. The van der Waals surface area contributed by atoms with Crippen LogP contribution < -0.4 is 0 Å². The first-order valence-electron chi connectivity index (χ1n) is 5.88. The van der Waals surface area contributed by atoms with E-state index in [0.29, 0.717) is 0 Å². The first-order valence-corrected chi connectivity index (χ1v) is 5.88. The molecule has 0 amide bonds. The van der Waals surface area contributed by atoms with Crippen molar-refractivity contribution in [2.24, 2.45) is 0 Å². The number of benzene rings is 1. The SMILES string of the molecule is C=C(C)C(=O)O.C=C(C)C(=O)O.Cc1ccc(C)cc1. The quantitative estimate of drug-likeness (QED) is 0.810. The van der Waals surface area contributed by atoms with Gasteiger partial charge < -0.3 is 10.2 Å². The molecule has 0 aromatic heterocycles. The molecular weight excluding hydrogens is 256 g/mol.